The van der Waals surface area contributed by atoms with E-state index in [1.165, 1.54) is 0 Å². The molecule has 2 aliphatic heterocycles. The van der Waals surface area contributed by atoms with Crippen molar-refractivity contribution >= 4 is 23.4 Å². The number of ether oxygens (including phenoxy) is 1. The lowest BCUT2D eigenvalue weighted by Crippen LogP contribution is -2.58. The molecule has 0 N–H and O–H groups in total. The zero-order chi connectivity index (χ0) is 18.8. The van der Waals surface area contributed by atoms with Crippen LogP contribution >= 0.6 is 11.6 Å². The van der Waals surface area contributed by atoms with Crippen LogP contribution in [0.5, 0.6) is 5.75 Å². The fourth-order valence-electron chi connectivity index (χ4n) is 3.57. The molecule has 0 aliphatic carbocycles. The highest BCUT2D eigenvalue weighted by atomic mass is 35.5. The molecule has 2 amide bonds. The maximum absolute atomic E-state index is 12.5. The second kappa shape index (κ2) is 7.61. The van der Waals surface area contributed by atoms with E-state index in [9.17, 15) is 9.59 Å². The first-order valence-corrected chi connectivity index (χ1v) is 9.49. The third kappa shape index (κ3) is 3.93. The van der Waals surface area contributed by atoms with Gasteiger partial charge < -0.3 is 14.5 Å². The van der Waals surface area contributed by atoms with Crippen LogP contribution in [0, 0.1) is 0 Å². The number of benzene rings is 2. The Morgan fingerprint density at radius 3 is 2.48 bits per heavy atom. The normalized spacial score (nSPS) is 19.9. The van der Waals surface area contributed by atoms with E-state index < -0.39 is 0 Å². The Labute approximate surface area is 163 Å². The van der Waals surface area contributed by atoms with Crippen molar-refractivity contribution in [1.29, 1.82) is 0 Å². The molecule has 2 heterocycles. The van der Waals surface area contributed by atoms with Crippen LogP contribution in [0.4, 0.5) is 0 Å². The van der Waals surface area contributed by atoms with Gasteiger partial charge in [0.1, 0.15) is 11.9 Å². The third-order valence-corrected chi connectivity index (χ3v) is 5.45. The van der Waals surface area contributed by atoms with Crippen LogP contribution in [-0.4, -0.2) is 53.9 Å². The van der Waals surface area contributed by atoms with Gasteiger partial charge >= 0.3 is 0 Å². The summed E-state index contributed by atoms with van der Waals surface area (Å²) >= 11 is 6.09. The summed E-state index contributed by atoms with van der Waals surface area (Å²) in [5.41, 5.74) is 1.15. The Morgan fingerprint density at radius 1 is 1.04 bits per heavy atom. The molecule has 4 rings (SSSR count). The first-order chi connectivity index (χ1) is 13.1. The summed E-state index contributed by atoms with van der Waals surface area (Å²) in [6.07, 6.45) is 0.412. The lowest BCUT2D eigenvalue weighted by Gasteiger charge is -2.39. The molecule has 0 aromatic heterocycles. The number of hydrogen-bond donors (Lipinski definition) is 0. The highest BCUT2D eigenvalue weighted by Gasteiger charge is 2.36. The van der Waals surface area contributed by atoms with Gasteiger partial charge in [-0.15, -0.1) is 0 Å². The highest BCUT2D eigenvalue weighted by Crippen LogP contribution is 2.29. The SMILES string of the molecule is O=C(CN1C[C@H](c2ccccc2)CC1=O)N1CC(Oc2ccccc2Cl)C1. The van der Waals surface area contributed by atoms with Crippen molar-refractivity contribution in [1.82, 2.24) is 9.80 Å². The number of likely N-dealkylation sites (tertiary alicyclic amines) is 2. The number of rotatable bonds is 5. The molecule has 6 heteroatoms. The van der Waals surface area contributed by atoms with E-state index in [0.29, 0.717) is 36.8 Å². The summed E-state index contributed by atoms with van der Waals surface area (Å²) in [7, 11) is 0. The van der Waals surface area contributed by atoms with Gasteiger partial charge in [-0.3, -0.25) is 9.59 Å². The van der Waals surface area contributed by atoms with Gasteiger partial charge in [-0.05, 0) is 17.7 Å². The number of nitrogens with zero attached hydrogens (tertiary/aromatic N) is 2. The molecule has 140 valence electrons. The van der Waals surface area contributed by atoms with E-state index in [4.69, 9.17) is 16.3 Å². The van der Waals surface area contributed by atoms with Crippen molar-refractivity contribution in [2.24, 2.45) is 0 Å². The molecule has 0 spiro atoms. The summed E-state index contributed by atoms with van der Waals surface area (Å²) in [6.45, 7) is 1.78. The van der Waals surface area contributed by atoms with E-state index in [1.54, 1.807) is 15.9 Å². The van der Waals surface area contributed by atoms with Crippen LogP contribution in [0.1, 0.15) is 17.9 Å². The van der Waals surface area contributed by atoms with Crippen LogP contribution < -0.4 is 4.74 Å². The van der Waals surface area contributed by atoms with Gasteiger partial charge in [0.15, 0.2) is 0 Å². The summed E-state index contributed by atoms with van der Waals surface area (Å²) in [6, 6.07) is 17.3. The average Bonchev–Trinajstić information content (AvgIpc) is 3.00. The van der Waals surface area contributed by atoms with Gasteiger partial charge in [0.05, 0.1) is 24.7 Å². The van der Waals surface area contributed by atoms with Crippen LogP contribution in [0.25, 0.3) is 0 Å². The minimum absolute atomic E-state index is 0.0314. The fraction of sp³-hybridized carbons (Fsp3) is 0.333. The molecule has 0 radical (unpaired) electrons. The van der Waals surface area contributed by atoms with Gasteiger partial charge in [-0.25, -0.2) is 0 Å². The molecule has 2 aliphatic rings. The molecule has 2 saturated heterocycles. The molecule has 0 bridgehead atoms. The molecule has 1 atom stereocenters. The standard InChI is InChI=1S/C21H21ClN2O3/c22-18-8-4-5-9-19(18)27-17-12-24(13-17)21(26)14-23-11-16(10-20(23)25)15-6-2-1-3-7-15/h1-9,16-17H,10-14H2/t16-/m1/s1. The monoisotopic (exact) mass is 384 g/mol. The Kier molecular flexibility index (Phi) is 5.03. The van der Waals surface area contributed by atoms with Gasteiger partial charge in [-0.1, -0.05) is 54.1 Å². The Balaban J connectivity index is 1.27. The predicted octanol–water partition coefficient (Wildman–Crippen LogP) is 2.95. The van der Waals surface area contributed by atoms with Crippen LogP contribution in [0.15, 0.2) is 54.6 Å². The Hall–Kier alpha value is -2.53. The van der Waals surface area contributed by atoms with Gasteiger partial charge in [0.25, 0.3) is 0 Å². The predicted molar refractivity (Wildman–Crippen MR) is 103 cm³/mol. The lowest BCUT2D eigenvalue weighted by atomic mass is 9.99. The molecule has 5 nitrogen and oxygen atoms in total. The zero-order valence-corrected chi connectivity index (χ0v) is 15.6. The number of amides is 2. The fourth-order valence-corrected chi connectivity index (χ4v) is 3.75. The lowest BCUT2D eigenvalue weighted by molar-refractivity contribution is -0.144. The Bertz CT molecular complexity index is 836. The summed E-state index contributed by atoms with van der Waals surface area (Å²) in [5.74, 6) is 0.813. The zero-order valence-electron chi connectivity index (χ0n) is 14.9. The van der Waals surface area contributed by atoms with Crippen molar-refractivity contribution in [2.75, 3.05) is 26.2 Å². The van der Waals surface area contributed by atoms with E-state index >= 15 is 0 Å². The molecule has 2 fully saturated rings. The molecule has 27 heavy (non-hydrogen) atoms. The minimum atomic E-state index is -0.0554. The molecule has 2 aromatic rings. The van der Waals surface area contributed by atoms with Crippen molar-refractivity contribution in [3.8, 4) is 5.75 Å². The van der Waals surface area contributed by atoms with E-state index in [-0.39, 0.29) is 30.4 Å². The number of halogens is 1. The number of carbonyl (C=O) groups excluding carboxylic acids is 2. The van der Waals surface area contributed by atoms with Crippen LogP contribution in [-0.2, 0) is 9.59 Å². The minimum Gasteiger partial charge on any atom is -0.485 e. The maximum atomic E-state index is 12.5. The number of hydrogen-bond acceptors (Lipinski definition) is 3. The second-order valence-corrected chi connectivity index (χ2v) is 7.46. The van der Waals surface area contributed by atoms with Gasteiger partial charge in [0, 0.05) is 18.9 Å². The van der Waals surface area contributed by atoms with Crippen molar-refractivity contribution < 1.29 is 14.3 Å². The highest BCUT2D eigenvalue weighted by molar-refractivity contribution is 6.32. The third-order valence-electron chi connectivity index (χ3n) is 5.14. The smallest absolute Gasteiger partial charge is 0.242 e. The van der Waals surface area contributed by atoms with Crippen LogP contribution in [0.3, 0.4) is 0 Å². The van der Waals surface area contributed by atoms with Crippen molar-refractivity contribution in [2.45, 2.75) is 18.4 Å². The maximum Gasteiger partial charge on any atom is 0.242 e. The largest absolute Gasteiger partial charge is 0.485 e. The van der Waals surface area contributed by atoms with E-state index in [0.717, 1.165) is 5.56 Å². The molecule has 0 saturated carbocycles. The molecular formula is C21H21ClN2O3. The van der Waals surface area contributed by atoms with Crippen molar-refractivity contribution in [3.05, 3.63) is 65.2 Å². The summed E-state index contributed by atoms with van der Waals surface area (Å²) in [4.78, 5) is 28.2. The molecule has 0 unspecified atom stereocenters. The van der Waals surface area contributed by atoms with Gasteiger partial charge in [0.2, 0.25) is 11.8 Å². The summed E-state index contributed by atoms with van der Waals surface area (Å²) in [5, 5.41) is 0.567. The van der Waals surface area contributed by atoms with E-state index in [2.05, 4.69) is 0 Å². The summed E-state index contributed by atoms with van der Waals surface area (Å²) < 4.78 is 5.82. The molecule has 2 aromatic carbocycles. The quantitative estimate of drug-likeness (QED) is 0.796. The number of para-hydroxylation sites is 1. The first kappa shape index (κ1) is 17.9. The second-order valence-electron chi connectivity index (χ2n) is 7.05. The Morgan fingerprint density at radius 2 is 1.74 bits per heavy atom. The molecular weight excluding hydrogens is 364 g/mol. The van der Waals surface area contributed by atoms with Crippen LogP contribution in [0.2, 0.25) is 5.02 Å². The topological polar surface area (TPSA) is 49.9 Å². The van der Waals surface area contributed by atoms with Gasteiger partial charge in [-0.2, -0.15) is 0 Å². The van der Waals surface area contributed by atoms with E-state index in [1.807, 2.05) is 48.5 Å². The number of carbonyl (C=O) groups is 2. The van der Waals surface area contributed by atoms with Crippen molar-refractivity contribution in [3.63, 3.8) is 0 Å². The first-order valence-electron chi connectivity index (χ1n) is 9.12. The average molecular weight is 385 g/mol.